The maximum Gasteiger partial charge on any atom is 0.267 e. The van der Waals surface area contributed by atoms with E-state index >= 15 is 0 Å². The summed E-state index contributed by atoms with van der Waals surface area (Å²) < 4.78 is 14.8. The summed E-state index contributed by atoms with van der Waals surface area (Å²) in [6.07, 6.45) is 6.54. The number of benzene rings is 1. The summed E-state index contributed by atoms with van der Waals surface area (Å²) in [6, 6.07) is 5.11. The van der Waals surface area contributed by atoms with E-state index < -0.39 is 35.0 Å². The molecule has 0 aliphatic rings. The number of hydrogen-bond donors (Lipinski definition) is 3. The molecule has 2 rings (SSSR count). The van der Waals surface area contributed by atoms with Crippen molar-refractivity contribution in [1.29, 1.82) is 0 Å². The third-order valence-electron chi connectivity index (χ3n) is 5.05. The molecule has 0 spiro atoms. The van der Waals surface area contributed by atoms with Crippen LogP contribution in [0.25, 0.3) is 0 Å². The van der Waals surface area contributed by atoms with Crippen molar-refractivity contribution in [3.8, 4) is 18.1 Å². The lowest BCUT2D eigenvalue weighted by molar-refractivity contribution is -0.118. The van der Waals surface area contributed by atoms with Crippen LogP contribution < -0.4 is 10.6 Å². The first-order valence-electron chi connectivity index (χ1n) is 9.53. The number of anilines is 1. The van der Waals surface area contributed by atoms with Gasteiger partial charge in [0, 0.05) is 28.4 Å². The summed E-state index contributed by atoms with van der Waals surface area (Å²) in [4.78, 5) is 29.8. The average molecular weight is 427 g/mol. The summed E-state index contributed by atoms with van der Waals surface area (Å²) in [7, 11) is 0. The second kappa shape index (κ2) is 8.74. The van der Waals surface area contributed by atoms with Crippen LogP contribution >= 0.6 is 0 Å². The SMILES string of the molecule is C#CC(C)(C)N(C(=O)Cc1cc(O)c(C(C)(C)CO)cc1F)c1ccnc(C(N)=O)c1. The first-order chi connectivity index (χ1) is 14.3. The molecule has 0 bridgehead atoms. The standard InChI is InChI=1S/C23H26FN3O4/c1-6-23(4,5)27(15-7-8-26-18(11-15)21(25)31)20(30)10-14-9-19(29)16(12-17(14)24)22(2,3)13-28/h1,7-9,11-12,28-29H,10,13H2,2-5H3,(H2,25,31). The van der Waals surface area contributed by atoms with Crippen molar-refractivity contribution in [2.45, 2.75) is 45.1 Å². The highest BCUT2D eigenvalue weighted by Crippen LogP contribution is 2.33. The Balaban J connectivity index is 2.49. The Kier molecular flexibility index (Phi) is 6.72. The van der Waals surface area contributed by atoms with Crippen molar-refractivity contribution >= 4 is 17.5 Å². The van der Waals surface area contributed by atoms with Gasteiger partial charge >= 0.3 is 0 Å². The summed E-state index contributed by atoms with van der Waals surface area (Å²) in [5.41, 5.74) is 3.70. The van der Waals surface area contributed by atoms with Crippen LogP contribution in [0.2, 0.25) is 0 Å². The van der Waals surface area contributed by atoms with Crippen molar-refractivity contribution in [3.63, 3.8) is 0 Å². The molecule has 0 aliphatic carbocycles. The van der Waals surface area contributed by atoms with Crippen LogP contribution in [-0.4, -0.2) is 39.2 Å². The van der Waals surface area contributed by atoms with E-state index in [0.717, 1.165) is 6.07 Å². The van der Waals surface area contributed by atoms with Gasteiger partial charge in [-0.2, -0.15) is 0 Å². The third-order valence-corrected chi connectivity index (χ3v) is 5.05. The van der Waals surface area contributed by atoms with Gasteiger partial charge in [0.25, 0.3) is 5.91 Å². The number of rotatable bonds is 7. The van der Waals surface area contributed by atoms with Crippen LogP contribution in [0.3, 0.4) is 0 Å². The number of aliphatic hydroxyl groups excluding tert-OH is 1. The molecule has 4 N–H and O–H groups in total. The Morgan fingerprint density at radius 2 is 1.90 bits per heavy atom. The molecule has 0 unspecified atom stereocenters. The Morgan fingerprint density at radius 3 is 2.45 bits per heavy atom. The molecular formula is C23H26FN3O4. The van der Waals surface area contributed by atoms with Crippen LogP contribution in [0.4, 0.5) is 10.1 Å². The number of phenolic OH excluding ortho intramolecular Hbond substituents is 1. The van der Waals surface area contributed by atoms with E-state index in [0.29, 0.717) is 0 Å². The lowest BCUT2D eigenvalue weighted by Gasteiger charge is -2.35. The molecule has 7 nitrogen and oxygen atoms in total. The lowest BCUT2D eigenvalue weighted by atomic mass is 9.84. The van der Waals surface area contributed by atoms with E-state index in [1.807, 2.05) is 0 Å². The number of primary amides is 1. The number of carbonyl (C=O) groups is 2. The van der Waals surface area contributed by atoms with Gasteiger partial charge in [-0.1, -0.05) is 19.8 Å². The summed E-state index contributed by atoms with van der Waals surface area (Å²) in [5.74, 6) is 0.254. The largest absolute Gasteiger partial charge is 0.508 e. The Morgan fingerprint density at radius 1 is 1.26 bits per heavy atom. The predicted octanol–water partition coefficient (Wildman–Crippen LogP) is 2.28. The molecular weight excluding hydrogens is 401 g/mol. The number of hydrogen-bond acceptors (Lipinski definition) is 5. The first kappa shape index (κ1) is 23.8. The second-order valence-electron chi connectivity index (χ2n) is 8.38. The highest BCUT2D eigenvalue weighted by Gasteiger charge is 2.32. The minimum absolute atomic E-state index is 0.0398. The minimum Gasteiger partial charge on any atom is -0.508 e. The number of nitrogens with two attached hydrogens (primary N) is 1. The van der Waals surface area contributed by atoms with Gasteiger partial charge in [0.15, 0.2) is 0 Å². The van der Waals surface area contributed by atoms with Crippen LogP contribution in [0.5, 0.6) is 5.75 Å². The molecule has 164 valence electrons. The molecule has 1 aromatic carbocycles. The fourth-order valence-corrected chi connectivity index (χ4v) is 3.15. The number of aromatic hydroxyl groups is 1. The van der Waals surface area contributed by atoms with Gasteiger partial charge < -0.3 is 15.9 Å². The number of carbonyl (C=O) groups excluding carboxylic acids is 2. The molecule has 0 saturated heterocycles. The van der Waals surface area contributed by atoms with Gasteiger partial charge in [0.1, 0.15) is 22.8 Å². The van der Waals surface area contributed by atoms with Gasteiger partial charge in [-0.25, -0.2) is 4.39 Å². The molecule has 0 saturated carbocycles. The van der Waals surface area contributed by atoms with E-state index in [-0.39, 0.29) is 34.9 Å². The topological polar surface area (TPSA) is 117 Å². The number of pyridine rings is 1. The van der Waals surface area contributed by atoms with E-state index in [1.165, 1.54) is 29.3 Å². The van der Waals surface area contributed by atoms with Crippen molar-refractivity contribution in [1.82, 2.24) is 4.98 Å². The molecule has 0 atom stereocenters. The average Bonchev–Trinajstić information content (AvgIpc) is 2.70. The van der Waals surface area contributed by atoms with Gasteiger partial charge in [-0.3, -0.25) is 19.5 Å². The Bertz CT molecular complexity index is 1060. The van der Waals surface area contributed by atoms with E-state index in [4.69, 9.17) is 12.2 Å². The van der Waals surface area contributed by atoms with Crippen molar-refractivity contribution in [2.24, 2.45) is 5.73 Å². The van der Waals surface area contributed by atoms with Gasteiger partial charge in [-0.05, 0) is 38.1 Å². The van der Waals surface area contributed by atoms with Crippen LogP contribution in [0, 0.1) is 18.2 Å². The molecule has 0 aliphatic heterocycles. The number of halogens is 1. The minimum atomic E-state index is -1.12. The Labute approximate surface area is 180 Å². The number of aliphatic hydroxyl groups is 1. The maximum atomic E-state index is 14.8. The number of aromatic nitrogens is 1. The van der Waals surface area contributed by atoms with E-state index in [1.54, 1.807) is 27.7 Å². The number of amides is 2. The Hall–Kier alpha value is -3.44. The summed E-state index contributed by atoms with van der Waals surface area (Å²) in [5, 5.41) is 19.9. The smallest absolute Gasteiger partial charge is 0.267 e. The fraction of sp³-hybridized carbons (Fsp3) is 0.348. The van der Waals surface area contributed by atoms with Crippen molar-refractivity contribution in [3.05, 3.63) is 53.1 Å². The molecule has 2 aromatic rings. The molecule has 0 radical (unpaired) electrons. The fourth-order valence-electron chi connectivity index (χ4n) is 3.15. The monoisotopic (exact) mass is 427 g/mol. The predicted molar refractivity (Wildman–Crippen MR) is 115 cm³/mol. The van der Waals surface area contributed by atoms with Gasteiger partial charge in [0.05, 0.1) is 13.0 Å². The van der Waals surface area contributed by atoms with Gasteiger partial charge in [-0.15, -0.1) is 6.42 Å². The molecule has 0 fully saturated rings. The zero-order valence-corrected chi connectivity index (χ0v) is 17.9. The molecule has 1 heterocycles. The molecule has 8 heteroatoms. The van der Waals surface area contributed by atoms with Crippen molar-refractivity contribution in [2.75, 3.05) is 11.5 Å². The van der Waals surface area contributed by atoms with Crippen LogP contribution in [-0.2, 0) is 16.6 Å². The van der Waals surface area contributed by atoms with Crippen molar-refractivity contribution < 1.29 is 24.2 Å². The van der Waals surface area contributed by atoms with E-state index in [9.17, 15) is 24.2 Å². The summed E-state index contributed by atoms with van der Waals surface area (Å²) in [6.45, 7) is 6.26. The second-order valence-corrected chi connectivity index (χ2v) is 8.38. The summed E-state index contributed by atoms with van der Waals surface area (Å²) >= 11 is 0. The van der Waals surface area contributed by atoms with E-state index in [2.05, 4.69) is 10.9 Å². The quantitative estimate of drug-likeness (QED) is 0.586. The normalized spacial score (nSPS) is 11.6. The highest BCUT2D eigenvalue weighted by molar-refractivity contribution is 5.98. The maximum absolute atomic E-state index is 14.8. The zero-order valence-electron chi connectivity index (χ0n) is 17.9. The number of phenols is 1. The van der Waals surface area contributed by atoms with Crippen LogP contribution in [0.1, 0.15) is 49.3 Å². The molecule has 1 aromatic heterocycles. The molecule has 31 heavy (non-hydrogen) atoms. The first-order valence-corrected chi connectivity index (χ1v) is 9.53. The zero-order chi connectivity index (χ0) is 23.6. The molecule has 2 amide bonds. The van der Waals surface area contributed by atoms with Crippen LogP contribution in [0.15, 0.2) is 30.5 Å². The lowest BCUT2D eigenvalue weighted by Crippen LogP contribution is -2.48. The highest BCUT2D eigenvalue weighted by atomic mass is 19.1. The number of nitrogens with zero attached hydrogens (tertiary/aromatic N) is 2. The third kappa shape index (κ3) is 5.01. The number of terminal acetylenes is 1. The van der Waals surface area contributed by atoms with Gasteiger partial charge in [0.2, 0.25) is 5.91 Å².